The standard InChI is InChI=1S/C13H12Br2OS/c1-16-10-4-2-9(3-5-10)8-11(14)12-6-7-13(15)17-12/h2-7,11H,8H2,1H3. The van der Waals surface area contributed by atoms with Gasteiger partial charge in [-0.3, -0.25) is 0 Å². The van der Waals surface area contributed by atoms with Gasteiger partial charge >= 0.3 is 0 Å². The molecule has 0 saturated carbocycles. The van der Waals surface area contributed by atoms with Gasteiger partial charge in [-0.05, 0) is 52.2 Å². The summed E-state index contributed by atoms with van der Waals surface area (Å²) in [5.74, 6) is 0.902. The van der Waals surface area contributed by atoms with Gasteiger partial charge in [-0.2, -0.15) is 0 Å². The summed E-state index contributed by atoms with van der Waals surface area (Å²) in [7, 11) is 1.69. The van der Waals surface area contributed by atoms with Gasteiger partial charge in [0.15, 0.2) is 0 Å². The first-order valence-corrected chi connectivity index (χ1v) is 7.74. The number of methoxy groups -OCH3 is 1. The van der Waals surface area contributed by atoms with Crippen LogP contribution in [0.2, 0.25) is 0 Å². The van der Waals surface area contributed by atoms with Crippen LogP contribution in [0.5, 0.6) is 5.75 Å². The predicted molar refractivity (Wildman–Crippen MR) is 80.4 cm³/mol. The highest BCUT2D eigenvalue weighted by atomic mass is 79.9. The lowest BCUT2D eigenvalue weighted by Gasteiger charge is -2.08. The van der Waals surface area contributed by atoms with Crippen LogP contribution in [0.1, 0.15) is 15.3 Å². The minimum atomic E-state index is 0.368. The number of benzene rings is 1. The molecule has 0 aliphatic carbocycles. The number of hydrogen-bond acceptors (Lipinski definition) is 2. The van der Waals surface area contributed by atoms with Gasteiger partial charge in [0.25, 0.3) is 0 Å². The Morgan fingerprint density at radius 1 is 1.18 bits per heavy atom. The highest BCUT2D eigenvalue weighted by molar-refractivity contribution is 9.11. The number of hydrogen-bond donors (Lipinski definition) is 0. The summed E-state index contributed by atoms with van der Waals surface area (Å²) in [5, 5.41) is 0. The molecule has 1 atom stereocenters. The summed E-state index contributed by atoms with van der Waals surface area (Å²) >= 11 is 8.98. The third-order valence-corrected chi connectivity index (χ3v) is 5.33. The molecule has 4 heteroatoms. The van der Waals surface area contributed by atoms with Gasteiger partial charge in [-0.1, -0.05) is 28.1 Å². The monoisotopic (exact) mass is 374 g/mol. The molecule has 17 heavy (non-hydrogen) atoms. The fourth-order valence-electron chi connectivity index (χ4n) is 1.57. The first-order valence-electron chi connectivity index (χ1n) is 5.21. The van der Waals surface area contributed by atoms with Gasteiger partial charge in [0.2, 0.25) is 0 Å². The van der Waals surface area contributed by atoms with E-state index in [0.29, 0.717) is 4.83 Å². The van der Waals surface area contributed by atoms with Crippen molar-refractivity contribution >= 4 is 43.2 Å². The van der Waals surface area contributed by atoms with Crippen molar-refractivity contribution in [1.82, 2.24) is 0 Å². The molecule has 0 aliphatic rings. The number of ether oxygens (including phenoxy) is 1. The van der Waals surface area contributed by atoms with Crippen LogP contribution in [0.4, 0.5) is 0 Å². The third-order valence-electron chi connectivity index (χ3n) is 2.48. The van der Waals surface area contributed by atoms with Gasteiger partial charge < -0.3 is 4.74 Å². The lowest BCUT2D eigenvalue weighted by Crippen LogP contribution is -1.93. The van der Waals surface area contributed by atoms with Crippen molar-refractivity contribution in [3.05, 3.63) is 50.6 Å². The number of halogens is 2. The van der Waals surface area contributed by atoms with Crippen molar-refractivity contribution in [2.75, 3.05) is 7.11 Å². The van der Waals surface area contributed by atoms with Crippen LogP contribution < -0.4 is 4.74 Å². The summed E-state index contributed by atoms with van der Waals surface area (Å²) in [4.78, 5) is 1.71. The van der Waals surface area contributed by atoms with Crippen molar-refractivity contribution < 1.29 is 4.74 Å². The Bertz CT molecular complexity index is 478. The van der Waals surface area contributed by atoms with Crippen LogP contribution in [-0.2, 0) is 6.42 Å². The Labute approximate surface area is 122 Å². The zero-order valence-electron chi connectivity index (χ0n) is 9.32. The molecule has 90 valence electrons. The third kappa shape index (κ3) is 3.57. The van der Waals surface area contributed by atoms with Gasteiger partial charge in [0, 0.05) is 4.88 Å². The Morgan fingerprint density at radius 2 is 1.88 bits per heavy atom. The maximum Gasteiger partial charge on any atom is 0.118 e. The van der Waals surface area contributed by atoms with Crippen LogP contribution >= 0.6 is 43.2 Å². The zero-order valence-corrected chi connectivity index (χ0v) is 13.3. The minimum absolute atomic E-state index is 0.368. The van der Waals surface area contributed by atoms with Crippen molar-refractivity contribution in [2.45, 2.75) is 11.2 Å². The second-order valence-electron chi connectivity index (χ2n) is 3.66. The SMILES string of the molecule is COc1ccc(CC(Br)c2ccc(Br)s2)cc1. The molecule has 2 rings (SSSR count). The highest BCUT2D eigenvalue weighted by Crippen LogP contribution is 2.34. The molecule has 1 nitrogen and oxygen atoms in total. The van der Waals surface area contributed by atoms with Crippen LogP contribution in [0.15, 0.2) is 40.2 Å². The predicted octanol–water partition coefficient (Wildman–Crippen LogP) is 5.20. The van der Waals surface area contributed by atoms with Gasteiger partial charge in [-0.25, -0.2) is 0 Å². The van der Waals surface area contributed by atoms with Crippen LogP contribution in [-0.4, -0.2) is 7.11 Å². The average Bonchev–Trinajstić information content (AvgIpc) is 2.77. The number of thiophene rings is 1. The molecule has 1 aromatic heterocycles. The molecule has 0 N–H and O–H groups in total. The number of rotatable bonds is 4. The van der Waals surface area contributed by atoms with Crippen molar-refractivity contribution in [3.63, 3.8) is 0 Å². The first-order chi connectivity index (χ1) is 8.19. The molecule has 2 aromatic rings. The van der Waals surface area contributed by atoms with Crippen LogP contribution in [0.25, 0.3) is 0 Å². The molecular formula is C13H12Br2OS. The zero-order chi connectivity index (χ0) is 12.3. The molecule has 1 aromatic carbocycles. The molecule has 1 heterocycles. The van der Waals surface area contributed by atoms with Gasteiger partial charge in [-0.15, -0.1) is 11.3 Å². The molecular weight excluding hydrogens is 364 g/mol. The van der Waals surface area contributed by atoms with Crippen LogP contribution in [0, 0.1) is 0 Å². The Balaban J connectivity index is 2.04. The molecule has 1 unspecified atom stereocenters. The minimum Gasteiger partial charge on any atom is -0.497 e. The molecule has 0 radical (unpaired) electrons. The molecule has 0 bridgehead atoms. The van der Waals surface area contributed by atoms with Crippen molar-refractivity contribution in [2.24, 2.45) is 0 Å². The second-order valence-corrected chi connectivity index (χ2v) is 7.26. The van der Waals surface area contributed by atoms with E-state index in [-0.39, 0.29) is 0 Å². The largest absolute Gasteiger partial charge is 0.497 e. The topological polar surface area (TPSA) is 9.23 Å². The summed E-state index contributed by atoms with van der Waals surface area (Å²) in [6, 6.07) is 12.4. The van der Waals surface area contributed by atoms with E-state index in [1.807, 2.05) is 12.1 Å². The summed E-state index contributed by atoms with van der Waals surface area (Å²) in [6.07, 6.45) is 0.983. The van der Waals surface area contributed by atoms with E-state index in [9.17, 15) is 0 Å². The lowest BCUT2D eigenvalue weighted by atomic mass is 10.1. The van der Waals surface area contributed by atoms with E-state index in [1.165, 1.54) is 14.2 Å². The van der Waals surface area contributed by atoms with E-state index in [0.717, 1.165) is 12.2 Å². The molecule has 0 saturated heterocycles. The fourth-order valence-corrected chi connectivity index (χ4v) is 3.77. The van der Waals surface area contributed by atoms with E-state index < -0.39 is 0 Å². The quantitative estimate of drug-likeness (QED) is 0.667. The fraction of sp³-hybridized carbons (Fsp3) is 0.231. The van der Waals surface area contributed by atoms with Gasteiger partial charge in [0.1, 0.15) is 5.75 Å². The molecule has 0 aliphatic heterocycles. The van der Waals surface area contributed by atoms with Crippen molar-refractivity contribution in [1.29, 1.82) is 0 Å². The first kappa shape index (κ1) is 13.1. The maximum absolute atomic E-state index is 5.15. The van der Waals surface area contributed by atoms with Crippen LogP contribution in [0.3, 0.4) is 0 Å². The summed E-state index contributed by atoms with van der Waals surface area (Å²) in [6.45, 7) is 0. The van der Waals surface area contributed by atoms with E-state index in [1.54, 1.807) is 18.4 Å². The van der Waals surface area contributed by atoms with Gasteiger partial charge in [0.05, 0.1) is 15.7 Å². The smallest absolute Gasteiger partial charge is 0.118 e. The number of alkyl halides is 1. The van der Waals surface area contributed by atoms with E-state index in [2.05, 4.69) is 56.1 Å². The maximum atomic E-state index is 5.15. The van der Waals surface area contributed by atoms with E-state index in [4.69, 9.17) is 4.74 Å². The van der Waals surface area contributed by atoms with Crippen molar-refractivity contribution in [3.8, 4) is 5.75 Å². The Morgan fingerprint density at radius 3 is 2.41 bits per heavy atom. The van der Waals surface area contributed by atoms with E-state index >= 15 is 0 Å². The lowest BCUT2D eigenvalue weighted by molar-refractivity contribution is 0.414. The normalized spacial score (nSPS) is 12.4. The molecule has 0 spiro atoms. The molecule has 0 amide bonds. The Kier molecular flexibility index (Phi) is 4.65. The summed E-state index contributed by atoms with van der Waals surface area (Å²) < 4.78 is 6.32. The molecule has 0 fully saturated rings. The second kappa shape index (κ2) is 6.03. The average molecular weight is 376 g/mol. The summed E-state index contributed by atoms with van der Waals surface area (Å²) in [5.41, 5.74) is 1.30. The highest BCUT2D eigenvalue weighted by Gasteiger charge is 2.10. The Hall–Kier alpha value is -0.320.